The molecule has 0 fully saturated rings. The Hall–Kier alpha value is -2.11. The molecular formula is C11H10F2N2O2. The second kappa shape index (κ2) is 4.40. The van der Waals surface area contributed by atoms with E-state index in [0.717, 1.165) is 0 Å². The lowest BCUT2D eigenvalue weighted by atomic mass is 10.0. The van der Waals surface area contributed by atoms with E-state index in [1.165, 1.54) is 25.3 Å². The predicted octanol–water partition coefficient (Wildman–Crippen LogP) is 2.87. The van der Waals surface area contributed by atoms with Crippen molar-refractivity contribution in [2.24, 2.45) is 0 Å². The third-order valence-corrected chi connectivity index (χ3v) is 2.30. The molecule has 1 aromatic heterocycles. The van der Waals surface area contributed by atoms with Gasteiger partial charge in [-0.2, -0.15) is 0 Å². The van der Waals surface area contributed by atoms with Crippen LogP contribution in [0.25, 0.3) is 11.3 Å². The molecule has 4 nitrogen and oxygen atoms in total. The summed E-state index contributed by atoms with van der Waals surface area (Å²) in [7, 11) is 1.33. The van der Waals surface area contributed by atoms with Gasteiger partial charge in [-0.05, 0) is 6.07 Å². The van der Waals surface area contributed by atoms with Crippen molar-refractivity contribution in [3.8, 4) is 17.1 Å². The maximum atomic E-state index is 13.0. The first-order valence-corrected chi connectivity index (χ1v) is 4.81. The first-order valence-electron chi connectivity index (χ1n) is 4.81. The minimum absolute atomic E-state index is 0.104. The van der Waals surface area contributed by atoms with E-state index in [4.69, 9.17) is 15.0 Å². The van der Waals surface area contributed by atoms with Crippen LogP contribution in [-0.2, 0) is 0 Å². The van der Waals surface area contributed by atoms with Crippen molar-refractivity contribution in [1.29, 1.82) is 0 Å². The molecule has 0 aliphatic carbocycles. The summed E-state index contributed by atoms with van der Waals surface area (Å²) in [5.74, 6) is 0.437. The van der Waals surface area contributed by atoms with Crippen molar-refractivity contribution >= 4 is 5.82 Å². The highest BCUT2D eigenvalue weighted by Gasteiger charge is 2.21. The number of nitrogens with two attached hydrogens (primary N) is 1. The standard InChI is InChI=1S/C11H10F2N2O2/c1-16-7-4-2-3-6(10(7)11(12)13)8-5-9(14)15-17-8/h2-5,11H,1H3,(H2,14,15). The van der Waals surface area contributed by atoms with E-state index in [2.05, 4.69) is 5.16 Å². The second-order valence-electron chi connectivity index (χ2n) is 3.34. The largest absolute Gasteiger partial charge is 0.496 e. The summed E-state index contributed by atoms with van der Waals surface area (Å²) in [4.78, 5) is 0. The highest BCUT2D eigenvalue weighted by molar-refractivity contribution is 5.67. The molecule has 0 aliphatic heterocycles. The molecule has 2 aromatic rings. The Morgan fingerprint density at radius 2 is 2.18 bits per heavy atom. The van der Waals surface area contributed by atoms with E-state index in [0.29, 0.717) is 0 Å². The molecular weight excluding hydrogens is 230 g/mol. The van der Waals surface area contributed by atoms with Gasteiger partial charge in [0.25, 0.3) is 6.43 Å². The van der Waals surface area contributed by atoms with Gasteiger partial charge in [-0.15, -0.1) is 0 Å². The minimum Gasteiger partial charge on any atom is -0.496 e. The van der Waals surface area contributed by atoms with E-state index < -0.39 is 6.43 Å². The van der Waals surface area contributed by atoms with Crippen LogP contribution in [0.1, 0.15) is 12.0 Å². The zero-order valence-electron chi connectivity index (χ0n) is 8.98. The number of methoxy groups -OCH3 is 1. The Morgan fingerprint density at radius 3 is 2.71 bits per heavy atom. The molecule has 2 rings (SSSR count). The molecule has 17 heavy (non-hydrogen) atoms. The third-order valence-electron chi connectivity index (χ3n) is 2.30. The van der Waals surface area contributed by atoms with E-state index >= 15 is 0 Å². The highest BCUT2D eigenvalue weighted by Crippen LogP contribution is 2.38. The van der Waals surface area contributed by atoms with Crippen LogP contribution in [0.5, 0.6) is 5.75 Å². The molecule has 0 saturated heterocycles. The number of hydrogen-bond donors (Lipinski definition) is 1. The van der Waals surface area contributed by atoms with Crippen LogP contribution in [0.4, 0.5) is 14.6 Å². The number of aromatic nitrogens is 1. The molecule has 1 heterocycles. The number of nitrogen functional groups attached to an aromatic ring is 1. The predicted molar refractivity (Wildman–Crippen MR) is 57.9 cm³/mol. The van der Waals surface area contributed by atoms with Gasteiger partial charge in [0.15, 0.2) is 11.6 Å². The van der Waals surface area contributed by atoms with Gasteiger partial charge in [-0.25, -0.2) is 8.78 Å². The lowest BCUT2D eigenvalue weighted by Gasteiger charge is -2.10. The molecule has 0 radical (unpaired) electrons. The highest BCUT2D eigenvalue weighted by atomic mass is 19.3. The lowest BCUT2D eigenvalue weighted by molar-refractivity contribution is 0.147. The lowest BCUT2D eigenvalue weighted by Crippen LogP contribution is -1.95. The van der Waals surface area contributed by atoms with Crippen LogP contribution < -0.4 is 10.5 Å². The van der Waals surface area contributed by atoms with Crippen LogP contribution >= 0.6 is 0 Å². The van der Waals surface area contributed by atoms with Gasteiger partial charge >= 0.3 is 0 Å². The van der Waals surface area contributed by atoms with E-state index in [-0.39, 0.29) is 28.5 Å². The zero-order valence-corrected chi connectivity index (χ0v) is 8.98. The van der Waals surface area contributed by atoms with Crippen LogP contribution in [0.3, 0.4) is 0 Å². The van der Waals surface area contributed by atoms with Gasteiger partial charge in [0.1, 0.15) is 5.75 Å². The molecule has 1 aromatic carbocycles. The summed E-state index contributed by atoms with van der Waals surface area (Å²) in [6, 6.07) is 5.95. The number of halogens is 2. The van der Waals surface area contributed by atoms with Crippen molar-refractivity contribution in [3.05, 3.63) is 29.8 Å². The molecule has 0 atom stereocenters. The molecule has 0 unspecified atom stereocenters. The van der Waals surface area contributed by atoms with Crippen molar-refractivity contribution in [2.75, 3.05) is 12.8 Å². The Bertz CT molecular complexity index is 526. The Balaban J connectivity index is 2.60. The fraction of sp³-hybridized carbons (Fsp3) is 0.182. The van der Waals surface area contributed by atoms with E-state index in [1.54, 1.807) is 6.07 Å². The number of rotatable bonds is 3. The molecule has 6 heteroatoms. The number of nitrogens with zero attached hydrogens (tertiary/aromatic N) is 1. The Kier molecular flexibility index (Phi) is 2.95. The maximum Gasteiger partial charge on any atom is 0.268 e. The number of hydrogen-bond acceptors (Lipinski definition) is 4. The molecule has 90 valence electrons. The molecule has 0 aliphatic rings. The van der Waals surface area contributed by atoms with Crippen molar-refractivity contribution in [3.63, 3.8) is 0 Å². The molecule has 2 N–H and O–H groups in total. The monoisotopic (exact) mass is 240 g/mol. The van der Waals surface area contributed by atoms with E-state index in [9.17, 15) is 8.78 Å². The summed E-state index contributed by atoms with van der Waals surface area (Å²) in [5.41, 5.74) is 5.38. The van der Waals surface area contributed by atoms with Gasteiger partial charge in [0.2, 0.25) is 0 Å². The second-order valence-corrected chi connectivity index (χ2v) is 3.34. The number of alkyl halides is 2. The summed E-state index contributed by atoms with van der Waals surface area (Å²) < 4.78 is 35.8. The Morgan fingerprint density at radius 1 is 1.41 bits per heavy atom. The average molecular weight is 240 g/mol. The minimum atomic E-state index is -2.67. The van der Waals surface area contributed by atoms with Gasteiger partial charge in [0.05, 0.1) is 12.7 Å². The molecule has 0 amide bonds. The van der Waals surface area contributed by atoms with Crippen molar-refractivity contribution in [2.45, 2.75) is 6.43 Å². The fourth-order valence-electron chi connectivity index (χ4n) is 1.58. The first kappa shape index (κ1) is 11.4. The number of ether oxygens (including phenoxy) is 1. The van der Waals surface area contributed by atoms with E-state index in [1.807, 2.05) is 0 Å². The normalized spacial score (nSPS) is 10.8. The number of anilines is 1. The van der Waals surface area contributed by atoms with Crippen LogP contribution in [-0.4, -0.2) is 12.3 Å². The molecule has 0 spiro atoms. The summed E-state index contributed by atoms with van der Waals surface area (Å²) in [6.45, 7) is 0. The molecule has 0 bridgehead atoms. The fourth-order valence-corrected chi connectivity index (χ4v) is 1.58. The third kappa shape index (κ3) is 2.06. The topological polar surface area (TPSA) is 61.3 Å². The van der Waals surface area contributed by atoms with Gasteiger partial charge in [-0.1, -0.05) is 17.3 Å². The first-order chi connectivity index (χ1) is 8.13. The number of benzene rings is 1. The molecule has 0 saturated carbocycles. The average Bonchev–Trinajstić information content (AvgIpc) is 2.74. The SMILES string of the molecule is COc1cccc(-c2cc(N)no2)c1C(F)F. The van der Waals surface area contributed by atoms with Crippen LogP contribution in [0.2, 0.25) is 0 Å². The Labute approximate surface area is 96.0 Å². The summed E-state index contributed by atoms with van der Waals surface area (Å²) in [5, 5.41) is 3.47. The van der Waals surface area contributed by atoms with Gasteiger partial charge in [0, 0.05) is 11.6 Å². The van der Waals surface area contributed by atoms with Crippen LogP contribution in [0.15, 0.2) is 28.8 Å². The quantitative estimate of drug-likeness (QED) is 0.896. The van der Waals surface area contributed by atoms with Crippen molar-refractivity contribution in [1.82, 2.24) is 5.16 Å². The van der Waals surface area contributed by atoms with Crippen molar-refractivity contribution < 1.29 is 18.0 Å². The summed E-state index contributed by atoms with van der Waals surface area (Å²) in [6.07, 6.45) is -2.67. The van der Waals surface area contributed by atoms with Crippen LogP contribution in [0, 0.1) is 0 Å². The maximum absolute atomic E-state index is 13.0. The van der Waals surface area contributed by atoms with Gasteiger partial charge in [-0.3, -0.25) is 0 Å². The zero-order chi connectivity index (χ0) is 12.4. The summed E-state index contributed by atoms with van der Waals surface area (Å²) >= 11 is 0. The smallest absolute Gasteiger partial charge is 0.268 e. The van der Waals surface area contributed by atoms with Gasteiger partial charge < -0.3 is 15.0 Å².